The standard InChI is InChI=1S/C35H43ClFN7O/c1-4-7-26(40-22(3)39)19-27-10-6-11-31(41-27)24-12-14-28(15-13-24)44-20-25-18-32(42-34(25)43-35(44)45)29-16-23(9-5-8-21(2)38)17-30(36)33(29)37/h4,12-18,20-21,26-27,31,41H,1,5-11,19,38H2,2-3H3,(H2,39,40)(H,42,43,45)/t21-,26+,27-,31-/m0/s1. The lowest BCUT2D eigenvalue weighted by molar-refractivity contribution is 0.293. The zero-order chi connectivity index (χ0) is 32.1. The largest absolute Gasteiger partial charge is 0.371 e. The molecule has 0 aliphatic carbocycles. The summed E-state index contributed by atoms with van der Waals surface area (Å²) in [5.41, 5.74) is 9.50. The van der Waals surface area contributed by atoms with E-state index in [0.29, 0.717) is 39.9 Å². The van der Waals surface area contributed by atoms with Gasteiger partial charge in [-0.15, -0.1) is 6.58 Å². The average Bonchev–Trinajstić information content (AvgIpc) is 3.41. The lowest BCUT2D eigenvalue weighted by Crippen LogP contribution is -2.43. The van der Waals surface area contributed by atoms with Crippen LogP contribution in [0.1, 0.15) is 76.0 Å². The van der Waals surface area contributed by atoms with E-state index < -0.39 is 11.5 Å². The third-order valence-electron chi connectivity index (χ3n) is 8.51. The maximum atomic E-state index is 15.2. The number of hydrogen-bond donors (Lipinski definition) is 5. The van der Waals surface area contributed by atoms with Gasteiger partial charge in [0, 0.05) is 41.3 Å². The Labute approximate surface area is 268 Å². The maximum absolute atomic E-state index is 15.2. The van der Waals surface area contributed by atoms with Crippen molar-refractivity contribution in [3.63, 3.8) is 0 Å². The lowest BCUT2D eigenvalue weighted by atomic mass is 9.90. The molecule has 4 aromatic rings. The van der Waals surface area contributed by atoms with Crippen molar-refractivity contribution in [1.29, 1.82) is 5.41 Å². The second-order valence-corrected chi connectivity index (χ2v) is 12.8. The highest BCUT2D eigenvalue weighted by atomic mass is 35.5. The number of rotatable bonds is 12. The van der Waals surface area contributed by atoms with E-state index in [2.05, 4.69) is 39.3 Å². The zero-order valence-electron chi connectivity index (χ0n) is 26.0. The Morgan fingerprint density at radius 2 is 2.07 bits per heavy atom. The highest BCUT2D eigenvalue weighted by Crippen LogP contribution is 2.32. The Balaban J connectivity index is 1.34. The van der Waals surface area contributed by atoms with Crippen LogP contribution < -0.4 is 22.1 Å². The molecule has 0 saturated carbocycles. The highest BCUT2D eigenvalue weighted by Gasteiger charge is 2.25. The van der Waals surface area contributed by atoms with Crippen molar-refractivity contribution in [3.05, 3.63) is 93.8 Å². The van der Waals surface area contributed by atoms with Gasteiger partial charge in [0.05, 0.1) is 22.2 Å². The third kappa shape index (κ3) is 8.09. The van der Waals surface area contributed by atoms with Crippen molar-refractivity contribution < 1.29 is 4.39 Å². The van der Waals surface area contributed by atoms with Gasteiger partial charge in [0.15, 0.2) is 5.82 Å². The van der Waals surface area contributed by atoms with Crippen LogP contribution >= 0.6 is 11.6 Å². The molecule has 0 amide bonds. The number of aromatic nitrogens is 3. The molecule has 2 aromatic carbocycles. The quantitative estimate of drug-likeness (QED) is 0.0658. The van der Waals surface area contributed by atoms with E-state index in [1.807, 2.05) is 25.1 Å². The van der Waals surface area contributed by atoms with Crippen molar-refractivity contribution in [2.75, 3.05) is 0 Å². The molecule has 0 radical (unpaired) electrons. The molecule has 6 N–H and O–H groups in total. The molecule has 2 aromatic heterocycles. The van der Waals surface area contributed by atoms with Crippen LogP contribution in [0, 0.1) is 11.2 Å². The first-order valence-corrected chi connectivity index (χ1v) is 16.1. The van der Waals surface area contributed by atoms with Gasteiger partial charge in [0.25, 0.3) is 0 Å². The van der Waals surface area contributed by atoms with Gasteiger partial charge in [-0.1, -0.05) is 36.2 Å². The average molecular weight is 632 g/mol. The first kappa shape index (κ1) is 32.6. The number of aryl methyl sites for hydroxylation is 1. The molecule has 0 spiro atoms. The minimum atomic E-state index is -0.513. The molecule has 4 atom stereocenters. The Bertz CT molecular complexity index is 1710. The van der Waals surface area contributed by atoms with Gasteiger partial charge >= 0.3 is 5.69 Å². The number of aromatic amines is 1. The molecule has 238 valence electrons. The van der Waals surface area contributed by atoms with E-state index in [4.69, 9.17) is 22.7 Å². The molecule has 1 aliphatic rings. The number of H-pyrrole nitrogens is 1. The second-order valence-electron chi connectivity index (χ2n) is 12.4. The van der Waals surface area contributed by atoms with Crippen LogP contribution in [-0.2, 0) is 6.42 Å². The predicted octanol–water partition coefficient (Wildman–Crippen LogP) is 6.95. The van der Waals surface area contributed by atoms with Crippen LogP contribution in [0.15, 0.2) is 66.1 Å². The fraction of sp³-hybridized carbons (Fsp3) is 0.400. The number of halogens is 2. The summed E-state index contributed by atoms with van der Waals surface area (Å²) < 4.78 is 16.7. The second kappa shape index (κ2) is 14.5. The van der Waals surface area contributed by atoms with Gasteiger partial charge in [-0.25, -0.2) is 9.18 Å². The van der Waals surface area contributed by atoms with Crippen molar-refractivity contribution in [2.24, 2.45) is 5.73 Å². The molecule has 3 heterocycles. The van der Waals surface area contributed by atoms with Crippen molar-refractivity contribution >= 4 is 28.5 Å². The molecule has 8 nitrogen and oxygen atoms in total. The molecule has 45 heavy (non-hydrogen) atoms. The molecule has 1 aliphatic heterocycles. The van der Waals surface area contributed by atoms with Crippen molar-refractivity contribution in [1.82, 2.24) is 25.2 Å². The molecule has 1 fully saturated rings. The maximum Gasteiger partial charge on any atom is 0.354 e. The summed E-state index contributed by atoms with van der Waals surface area (Å²) >= 11 is 6.27. The summed E-state index contributed by atoms with van der Waals surface area (Å²) in [4.78, 5) is 20.5. The van der Waals surface area contributed by atoms with Crippen molar-refractivity contribution in [2.45, 2.75) is 89.4 Å². The van der Waals surface area contributed by atoms with E-state index in [-0.39, 0.29) is 23.1 Å². The normalized spacial score (nSPS) is 18.1. The molecule has 10 heteroatoms. The topological polar surface area (TPSA) is 125 Å². The molecule has 5 rings (SSSR count). The minimum absolute atomic E-state index is 0.0584. The van der Waals surface area contributed by atoms with Crippen LogP contribution in [0.5, 0.6) is 0 Å². The lowest BCUT2D eigenvalue weighted by Gasteiger charge is -2.34. The summed E-state index contributed by atoms with van der Waals surface area (Å²) in [6, 6.07) is 14.1. The molecular formula is C35H43ClFN7O. The summed E-state index contributed by atoms with van der Waals surface area (Å²) in [7, 11) is 0. The highest BCUT2D eigenvalue weighted by molar-refractivity contribution is 6.31. The number of piperidine rings is 1. The van der Waals surface area contributed by atoms with Crippen LogP contribution in [0.2, 0.25) is 5.02 Å². The smallest absolute Gasteiger partial charge is 0.354 e. The summed E-state index contributed by atoms with van der Waals surface area (Å²) in [6.45, 7) is 7.61. The molecular weight excluding hydrogens is 589 g/mol. The zero-order valence-corrected chi connectivity index (χ0v) is 26.8. The first-order valence-electron chi connectivity index (χ1n) is 15.8. The third-order valence-corrected chi connectivity index (χ3v) is 8.78. The number of nitrogens with two attached hydrogens (primary N) is 1. The monoisotopic (exact) mass is 631 g/mol. The van der Waals surface area contributed by atoms with E-state index in [1.165, 1.54) is 10.1 Å². The summed E-state index contributed by atoms with van der Waals surface area (Å²) in [5, 5.41) is 15.6. The van der Waals surface area contributed by atoms with E-state index >= 15 is 4.39 Å². The van der Waals surface area contributed by atoms with Gasteiger partial charge in [0.1, 0.15) is 5.65 Å². The van der Waals surface area contributed by atoms with E-state index in [0.717, 1.165) is 56.9 Å². The van der Waals surface area contributed by atoms with Gasteiger partial charge in [-0.3, -0.25) is 9.98 Å². The number of nitrogens with zero attached hydrogens (tertiary/aromatic N) is 2. The number of amidine groups is 1. The molecule has 0 bridgehead atoms. The number of hydrogen-bond acceptors (Lipinski definition) is 5. The number of benzene rings is 2. The van der Waals surface area contributed by atoms with E-state index in [9.17, 15) is 4.79 Å². The SMILES string of the molecule is C=CC[C@H](C[C@@H]1CCC[C@@H](c2ccc(-n3cc4cc(-c5cc(CCC[C@H](C)N)cc(Cl)c5F)[nH]c4nc3=O)cc2)N1)NC(C)=N. The van der Waals surface area contributed by atoms with Gasteiger partial charge in [-0.05, 0) is 100 Å². The first-order chi connectivity index (χ1) is 21.6. The number of nitrogens with one attached hydrogen (secondary N) is 4. The van der Waals surface area contributed by atoms with Crippen LogP contribution in [-0.4, -0.2) is 38.5 Å². The molecule has 1 saturated heterocycles. The molecule has 0 unspecified atom stereocenters. The Morgan fingerprint density at radius 3 is 2.78 bits per heavy atom. The van der Waals surface area contributed by atoms with Gasteiger partial charge < -0.3 is 21.4 Å². The van der Waals surface area contributed by atoms with Crippen LogP contribution in [0.4, 0.5) is 4.39 Å². The minimum Gasteiger partial charge on any atom is -0.371 e. The van der Waals surface area contributed by atoms with Gasteiger partial charge in [-0.2, -0.15) is 4.98 Å². The fourth-order valence-electron chi connectivity index (χ4n) is 6.34. The fourth-order valence-corrected chi connectivity index (χ4v) is 6.58. The summed E-state index contributed by atoms with van der Waals surface area (Å²) in [6.07, 6.45) is 11.1. The Morgan fingerprint density at radius 1 is 1.29 bits per heavy atom. The number of fused-ring (bicyclic) bond motifs is 1. The van der Waals surface area contributed by atoms with Crippen LogP contribution in [0.25, 0.3) is 28.0 Å². The predicted molar refractivity (Wildman–Crippen MR) is 182 cm³/mol. The van der Waals surface area contributed by atoms with Crippen LogP contribution in [0.3, 0.4) is 0 Å². The van der Waals surface area contributed by atoms with Crippen molar-refractivity contribution in [3.8, 4) is 16.9 Å². The Kier molecular flexibility index (Phi) is 10.5. The Hall–Kier alpha value is -3.79. The van der Waals surface area contributed by atoms with E-state index in [1.54, 1.807) is 31.3 Å². The summed E-state index contributed by atoms with van der Waals surface area (Å²) in [5.74, 6) is -0.0426. The van der Waals surface area contributed by atoms with Gasteiger partial charge in [0.2, 0.25) is 0 Å².